The van der Waals surface area contributed by atoms with Gasteiger partial charge in [0.2, 0.25) is 0 Å². The molecule has 0 atom stereocenters. The number of benzene rings is 3. The van der Waals surface area contributed by atoms with Gasteiger partial charge in [-0.2, -0.15) is 0 Å². The molecule has 0 aliphatic heterocycles. The van der Waals surface area contributed by atoms with Crippen LogP contribution in [0.2, 0.25) is 0 Å². The minimum absolute atomic E-state index is 0.842. The number of fused-ring (bicyclic) bond motifs is 1. The molecule has 2 nitrogen and oxygen atoms in total. The molecule has 0 N–H and O–H groups in total. The van der Waals surface area contributed by atoms with Gasteiger partial charge in [-0.15, -0.1) is 0 Å². The zero-order valence-electron chi connectivity index (χ0n) is 11.3. The van der Waals surface area contributed by atoms with Crippen molar-refractivity contribution in [1.29, 1.82) is 0 Å². The van der Waals surface area contributed by atoms with Crippen molar-refractivity contribution in [3.05, 3.63) is 72.3 Å². The Kier molecular flexibility index (Phi) is 3.46. The summed E-state index contributed by atoms with van der Waals surface area (Å²) in [5.41, 5.74) is 2.01. The second-order valence-electron chi connectivity index (χ2n) is 4.56. The van der Waals surface area contributed by atoms with E-state index in [4.69, 9.17) is 4.74 Å². The SMILES string of the molecule is COc1ccc(N=Cc2ccc3ccccc3c2)cc1. The second kappa shape index (κ2) is 5.57. The average Bonchev–Trinajstić information content (AvgIpc) is 2.53. The molecular weight excluding hydrogens is 246 g/mol. The second-order valence-corrected chi connectivity index (χ2v) is 4.56. The van der Waals surface area contributed by atoms with Crippen LogP contribution in [0.5, 0.6) is 5.75 Å². The maximum absolute atomic E-state index is 5.13. The van der Waals surface area contributed by atoms with E-state index in [0.717, 1.165) is 17.0 Å². The standard InChI is InChI=1S/C18H15NO/c1-20-18-10-8-17(9-11-18)19-13-14-6-7-15-4-2-3-5-16(15)12-14/h2-13H,1H3. The van der Waals surface area contributed by atoms with E-state index in [1.807, 2.05) is 42.6 Å². The average molecular weight is 261 g/mol. The van der Waals surface area contributed by atoms with Crippen LogP contribution in [-0.4, -0.2) is 13.3 Å². The van der Waals surface area contributed by atoms with Gasteiger partial charge < -0.3 is 4.74 Å². The molecule has 0 aliphatic rings. The first kappa shape index (κ1) is 12.4. The fraction of sp³-hybridized carbons (Fsp3) is 0.0556. The first-order valence-electron chi connectivity index (χ1n) is 6.52. The molecule has 98 valence electrons. The van der Waals surface area contributed by atoms with Crippen molar-refractivity contribution in [3.63, 3.8) is 0 Å². The molecule has 0 aromatic heterocycles. The summed E-state index contributed by atoms with van der Waals surface area (Å²) in [6, 6.07) is 22.4. The van der Waals surface area contributed by atoms with Gasteiger partial charge in [-0.1, -0.05) is 36.4 Å². The monoisotopic (exact) mass is 261 g/mol. The third-order valence-electron chi connectivity index (χ3n) is 3.21. The maximum Gasteiger partial charge on any atom is 0.119 e. The van der Waals surface area contributed by atoms with Crippen molar-refractivity contribution in [3.8, 4) is 5.75 Å². The number of methoxy groups -OCH3 is 1. The van der Waals surface area contributed by atoms with Crippen molar-refractivity contribution >= 4 is 22.7 Å². The molecule has 0 heterocycles. The predicted molar refractivity (Wildman–Crippen MR) is 84.2 cm³/mol. The van der Waals surface area contributed by atoms with E-state index in [2.05, 4.69) is 35.3 Å². The van der Waals surface area contributed by atoms with Gasteiger partial charge in [-0.25, -0.2) is 0 Å². The molecular formula is C18H15NO. The summed E-state index contributed by atoms with van der Waals surface area (Å²) >= 11 is 0. The van der Waals surface area contributed by atoms with Gasteiger partial charge >= 0.3 is 0 Å². The van der Waals surface area contributed by atoms with Gasteiger partial charge in [-0.3, -0.25) is 4.99 Å². The van der Waals surface area contributed by atoms with Crippen LogP contribution in [0.4, 0.5) is 5.69 Å². The van der Waals surface area contributed by atoms with Crippen LogP contribution in [-0.2, 0) is 0 Å². The van der Waals surface area contributed by atoms with Crippen molar-refractivity contribution in [2.45, 2.75) is 0 Å². The summed E-state index contributed by atoms with van der Waals surface area (Å²) in [7, 11) is 1.66. The van der Waals surface area contributed by atoms with E-state index >= 15 is 0 Å². The molecule has 0 spiro atoms. The van der Waals surface area contributed by atoms with E-state index in [1.165, 1.54) is 10.8 Å². The van der Waals surface area contributed by atoms with Gasteiger partial charge in [-0.05, 0) is 46.7 Å². The van der Waals surface area contributed by atoms with E-state index < -0.39 is 0 Å². The van der Waals surface area contributed by atoms with Crippen LogP contribution in [0.3, 0.4) is 0 Å². The Balaban J connectivity index is 1.85. The minimum Gasteiger partial charge on any atom is -0.497 e. The summed E-state index contributed by atoms with van der Waals surface area (Å²) in [6.45, 7) is 0. The third-order valence-corrected chi connectivity index (χ3v) is 3.21. The molecule has 3 aromatic rings. The molecule has 0 fully saturated rings. The van der Waals surface area contributed by atoms with Crippen molar-refractivity contribution in [2.75, 3.05) is 7.11 Å². The lowest BCUT2D eigenvalue weighted by atomic mass is 10.1. The van der Waals surface area contributed by atoms with Gasteiger partial charge in [0, 0.05) is 6.21 Å². The Labute approximate surface area is 118 Å². The smallest absolute Gasteiger partial charge is 0.119 e. The number of aliphatic imine (C=N–C) groups is 1. The van der Waals surface area contributed by atoms with Crippen LogP contribution in [0.25, 0.3) is 10.8 Å². The lowest BCUT2D eigenvalue weighted by Gasteiger charge is -2.00. The van der Waals surface area contributed by atoms with Gasteiger partial charge in [0.05, 0.1) is 12.8 Å². The number of rotatable bonds is 3. The zero-order valence-corrected chi connectivity index (χ0v) is 11.3. The lowest BCUT2D eigenvalue weighted by Crippen LogP contribution is -1.82. The molecule has 3 rings (SSSR count). The largest absolute Gasteiger partial charge is 0.497 e. The molecule has 0 radical (unpaired) electrons. The summed E-state index contributed by atoms with van der Waals surface area (Å²) in [4.78, 5) is 4.48. The summed E-state index contributed by atoms with van der Waals surface area (Å²) < 4.78 is 5.13. The summed E-state index contributed by atoms with van der Waals surface area (Å²) in [5, 5.41) is 2.47. The fourth-order valence-corrected chi connectivity index (χ4v) is 2.11. The minimum atomic E-state index is 0.842. The molecule has 0 amide bonds. The Hall–Kier alpha value is -2.61. The first-order chi connectivity index (χ1) is 9.85. The first-order valence-corrected chi connectivity index (χ1v) is 6.52. The molecule has 0 aliphatic carbocycles. The van der Waals surface area contributed by atoms with Gasteiger partial charge in [0.15, 0.2) is 0 Å². The van der Waals surface area contributed by atoms with E-state index in [0.29, 0.717) is 0 Å². The molecule has 2 heteroatoms. The van der Waals surface area contributed by atoms with Crippen LogP contribution in [0.15, 0.2) is 71.7 Å². The summed E-state index contributed by atoms with van der Waals surface area (Å²) in [5.74, 6) is 0.842. The van der Waals surface area contributed by atoms with Crippen LogP contribution < -0.4 is 4.74 Å². The van der Waals surface area contributed by atoms with Crippen molar-refractivity contribution in [1.82, 2.24) is 0 Å². The van der Waals surface area contributed by atoms with E-state index in [9.17, 15) is 0 Å². The molecule has 0 unspecified atom stereocenters. The molecule has 3 aromatic carbocycles. The van der Waals surface area contributed by atoms with Gasteiger partial charge in [0.25, 0.3) is 0 Å². The highest BCUT2D eigenvalue weighted by Crippen LogP contribution is 2.18. The molecule has 20 heavy (non-hydrogen) atoms. The Morgan fingerprint density at radius 3 is 2.35 bits per heavy atom. The Bertz CT molecular complexity index is 745. The Morgan fingerprint density at radius 1 is 0.850 bits per heavy atom. The van der Waals surface area contributed by atoms with Crippen molar-refractivity contribution < 1.29 is 4.74 Å². The maximum atomic E-state index is 5.13. The zero-order chi connectivity index (χ0) is 13.8. The number of hydrogen-bond acceptors (Lipinski definition) is 2. The van der Waals surface area contributed by atoms with E-state index in [1.54, 1.807) is 7.11 Å². The normalized spacial score (nSPS) is 11.1. The predicted octanol–water partition coefficient (Wildman–Crippen LogP) is 4.60. The highest BCUT2D eigenvalue weighted by Gasteiger charge is 1.94. The highest BCUT2D eigenvalue weighted by molar-refractivity contribution is 5.91. The third kappa shape index (κ3) is 2.69. The fourth-order valence-electron chi connectivity index (χ4n) is 2.11. The van der Waals surface area contributed by atoms with Crippen LogP contribution >= 0.6 is 0 Å². The van der Waals surface area contributed by atoms with Crippen LogP contribution in [0, 0.1) is 0 Å². The topological polar surface area (TPSA) is 21.6 Å². The van der Waals surface area contributed by atoms with Gasteiger partial charge in [0.1, 0.15) is 5.75 Å². The molecule has 0 saturated heterocycles. The number of hydrogen-bond donors (Lipinski definition) is 0. The van der Waals surface area contributed by atoms with Crippen LogP contribution in [0.1, 0.15) is 5.56 Å². The van der Waals surface area contributed by atoms with Crippen molar-refractivity contribution in [2.24, 2.45) is 4.99 Å². The lowest BCUT2D eigenvalue weighted by molar-refractivity contribution is 0.415. The molecule has 0 bridgehead atoms. The summed E-state index contributed by atoms with van der Waals surface area (Å²) in [6.07, 6.45) is 1.88. The number of nitrogens with zero attached hydrogens (tertiary/aromatic N) is 1. The quantitative estimate of drug-likeness (QED) is 0.631. The Morgan fingerprint density at radius 2 is 1.60 bits per heavy atom. The number of ether oxygens (including phenoxy) is 1. The molecule has 0 saturated carbocycles. The highest BCUT2D eigenvalue weighted by atomic mass is 16.5. The van der Waals surface area contributed by atoms with E-state index in [-0.39, 0.29) is 0 Å².